The van der Waals surface area contributed by atoms with Gasteiger partial charge in [0.15, 0.2) is 0 Å². The number of amides is 1. The molecule has 0 atom stereocenters. The lowest BCUT2D eigenvalue weighted by molar-refractivity contribution is -0.120. The minimum atomic E-state index is -3.53. The molecule has 0 aromatic heterocycles. The zero-order valence-corrected chi connectivity index (χ0v) is 14.0. The van der Waals surface area contributed by atoms with Gasteiger partial charge in [-0.2, -0.15) is 0 Å². The standard InChI is InChI=1S/C15H23FN2O3S/c1-12(2)8-10-17-15(19)9-11-18(22(3,20)21)14-6-4-13(16)5-7-14/h4-7,12H,8-11H2,1-3H3,(H,17,19). The lowest BCUT2D eigenvalue weighted by Crippen LogP contribution is -2.35. The Morgan fingerprint density at radius 1 is 1.27 bits per heavy atom. The monoisotopic (exact) mass is 330 g/mol. The van der Waals surface area contributed by atoms with Crippen LogP contribution in [0.3, 0.4) is 0 Å². The lowest BCUT2D eigenvalue weighted by Gasteiger charge is -2.22. The van der Waals surface area contributed by atoms with Gasteiger partial charge in [0.1, 0.15) is 5.82 Å². The number of sulfonamides is 1. The van der Waals surface area contributed by atoms with Crippen molar-refractivity contribution in [1.29, 1.82) is 0 Å². The van der Waals surface area contributed by atoms with Crippen molar-refractivity contribution < 1.29 is 17.6 Å². The van der Waals surface area contributed by atoms with Crippen LogP contribution in [0.15, 0.2) is 24.3 Å². The molecule has 0 saturated carbocycles. The molecule has 0 aliphatic heterocycles. The summed E-state index contributed by atoms with van der Waals surface area (Å²) in [5, 5.41) is 2.76. The average Bonchev–Trinajstić information content (AvgIpc) is 2.39. The van der Waals surface area contributed by atoms with E-state index in [1.54, 1.807) is 0 Å². The molecule has 0 fully saturated rings. The maximum Gasteiger partial charge on any atom is 0.232 e. The van der Waals surface area contributed by atoms with Crippen LogP contribution in [0.2, 0.25) is 0 Å². The molecule has 1 N–H and O–H groups in total. The van der Waals surface area contributed by atoms with E-state index in [2.05, 4.69) is 19.2 Å². The van der Waals surface area contributed by atoms with Crippen LogP contribution in [-0.2, 0) is 14.8 Å². The van der Waals surface area contributed by atoms with Crippen LogP contribution in [-0.4, -0.2) is 33.7 Å². The molecule has 1 rings (SSSR count). The largest absolute Gasteiger partial charge is 0.356 e. The highest BCUT2D eigenvalue weighted by Gasteiger charge is 2.18. The number of nitrogens with one attached hydrogen (secondary N) is 1. The molecule has 0 radical (unpaired) electrons. The topological polar surface area (TPSA) is 66.5 Å². The second-order valence-corrected chi connectivity index (χ2v) is 7.50. The highest BCUT2D eigenvalue weighted by Crippen LogP contribution is 2.18. The molecular weight excluding hydrogens is 307 g/mol. The molecule has 0 aliphatic rings. The summed E-state index contributed by atoms with van der Waals surface area (Å²) in [5.74, 6) is -0.146. The summed E-state index contributed by atoms with van der Waals surface area (Å²) in [5.41, 5.74) is 0.346. The molecule has 124 valence electrons. The average molecular weight is 330 g/mol. The first-order chi connectivity index (χ1) is 10.2. The highest BCUT2D eigenvalue weighted by atomic mass is 32.2. The molecule has 0 heterocycles. The summed E-state index contributed by atoms with van der Waals surface area (Å²) < 4.78 is 37.7. The SMILES string of the molecule is CC(C)CCNC(=O)CCN(c1ccc(F)cc1)S(C)(=O)=O. The molecule has 0 aliphatic carbocycles. The first-order valence-corrected chi connectivity index (χ1v) is 9.05. The molecule has 1 amide bonds. The first kappa shape index (κ1) is 18.4. The molecule has 7 heteroatoms. The Kier molecular flexibility index (Phi) is 6.80. The van der Waals surface area contributed by atoms with E-state index in [0.29, 0.717) is 18.2 Å². The second-order valence-electron chi connectivity index (χ2n) is 5.59. The van der Waals surface area contributed by atoms with Gasteiger partial charge in [-0.3, -0.25) is 9.10 Å². The third-order valence-corrected chi connectivity index (χ3v) is 4.29. The van der Waals surface area contributed by atoms with Crippen LogP contribution < -0.4 is 9.62 Å². The van der Waals surface area contributed by atoms with Crippen LogP contribution in [0.5, 0.6) is 0 Å². The van der Waals surface area contributed by atoms with Crippen LogP contribution >= 0.6 is 0 Å². The van der Waals surface area contributed by atoms with Gasteiger partial charge in [-0.05, 0) is 36.6 Å². The first-order valence-electron chi connectivity index (χ1n) is 7.20. The van der Waals surface area contributed by atoms with Gasteiger partial charge in [-0.15, -0.1) is 0 Å². The number of carbonyl (C=O) groups is 1. The molecule has 0 bridgehead atoms. The van der Waals surface area contributed by atoms with Crippen LogP contribution in [0, 0.1) is 11.7 Å². The Bertz CT molecular complexity index is 585. The fraction of sp³-hybridized carbons (Fsp3) is 0.533. The normalized spacial score (nSPS) is 11.5. The van der Waals surface area contributed by atoms with E-state index in [4.69, 9.17) is 0 Å². The minimum Gasteiger partial charge on any atom is -0.356 e. The van der Waals surface area contributed by atoms with E-state index in [1.165, 1.54) is 24.3 Å². The molecule has 5 nitrogen and oxygen atoms in total. The summed E-state index contributed by atoms with van der Waals surface area (Å²) in [6.07, 6.45) is 2.00. The van der Waals surface area contributed by atoms with Crippen LogP contribution in [0.25, 0.3) is 0 Å². The summed E-state index contributed by atoms with van der Waals surface area (Å²) in [7, 11) is -3.53. The van der Waals surface area contributed by atoms with E-state index in [-0.39, 0.29) is 18.9 Å². The Hall–Kier alpha value is -1.63. The molecule has 0 saturated heterocycles. The van der Waals surface area contributed by atoms with Crippen LogP contribution in [0.4, 0.5) is 10.1 Å². The Morgan fingerprint density at radius 3 is 2.36 bits per heavy atom. The molecule has 1 aromatic carbocycles. The van der Waals surface area contributed by atoms with Crippen molar-refractivity contribution in [2.75, 3.05) is 23.7 Å². The number of anilines is 1. The number of nitrogens with zero attached hydrogens (tertiary/aromatic N) is 1. The van der Waals surface area contributed by atoms with Crippen molar-refractivity contribution in [3.8, 4) is 0 Å². The molecular formula is C15H23FN2O3S. The number of hydrogen-bond acceptors (Lipinski definition) is 3. The van der Waals surface area contributed by atoms with E-state index >= 15 is 0 Å². The summed E-state index contributed by atoms with van der Waals surface area (Å²) in [6, 6.07) is 5.15. The predicted octanol–water partition coefficient (Wildman–Crippen LogP) is 2.14. The fourth-order valence-electron chi connectivity index (χ4n) is 1.89. The van der Waals surface area contributed by atoms with Crippen molar-refractivity contribution in [2.24, 2.45) is 5.92 Å². The number of rotatable bonds is 8. The lowest BCUT2D eigenvalue weighted by atomic mass is 10.1. The fourth-order valence-corrected chi connectivity index (χ4v) is 2.81. The van der Waals surface area contributed by atoms with E-state index in [1.807, 2.05) is 0 Å². The summed E-state index contributed by atoms with van der Waals surface area (Å²) >= 11 is 0. The number of carbonyl (C=O) groups excluding carboxylic acids is 1. The maximum absolute atomic E-state index is 12.9. The van der Waals surface area contributed by atoms with E-state index in [9.17, 15) is 17.6 Å². The van der Waals surface area contributed by atoms with Crippen LogP contribution in [0.1, 0.15) is 26.7 Å². The van der Waals surface area contributed by atoms with Crippen molar-refractivity contribution in [3.05, 3.63) is 30.1 Å². The Balaban J connectivity index is 2.64. The van der Waals surface area contributed by atoms with Crippen molar-refractivity contribution >= 4 is 21.6 Å². The quantitative estimate of drug-likeness (QED) is 0.794. The van der Waals surface area contributed by atoms with E-state index < -0.39 is 15.8 Å². The minimum absolute atomic E-state index is 0.0258. The van der Waals surface area contributed by atoms with Gasteiger partial charge in [0.2, 0.25) is 15.9 Å². The third-order valence-electron chi connectivity index (χ3n) is 3.10. The van der Waals surface area contributed by atoms with Gasteiger partial charge < -0.3 is 5.32 Å². The van der Waals surface area contributed by atoms with Gasteiger partial charge in [0.05, 0.1) is 11.9 Å². The summed E-state index contributed by atoms with van der Waals surface area (Å²) in [4.78, 5) is 11.7. The number of benzene rings is 1. The highest BCUT2D eigenvalue weighted by molar-refractivity contribution is 7.92. The van der Waals surface area contributed by atoms with Gasteiger partial charge >= 0.3 is 0 Å². The zero-order valence-electron chi connectivity index (χ0n) is 13.2. The Morgan fingerprint density at radius 2 is 1.86 bits per heavy atom. The van der Waals surface area contributed by atoms with Gasteiger partial charge in [0, 0.05) is 19.5 Å². The maximum atomic E-state index is 12.9. The van der Waals surface area contributed by atoms with E-state index in [0.717, 1.165) is 17.0 Å². The van der Waals surface area contributed by atoms with Crippen molar-refractivity contribution in [1.82, 2.24) is 5.32 Å². The second kappa shape index (κ2) is 8.12. The predicted molar refractivity (Wildman–Crippen MR) is 85.7 cm³/mol. The number of halogens is 1. The molecule has 22 heavy (non-hydrogen) atoms. The zero-order chi connectivity index (χ0) is 16.8. The summed E-state index contributed by atoms with van der Waals surface area (Å²) in [6.45, 7) is 4.72. The Labute approximate surface area is 131 Å². The van der Waals surface area contributed by atoms with Crippen molar-refractivity contribution in [2.45, 2.75) is 26.7 Å². The number of hydrogen-bond donors (Lipinski definition) is 1. The molecule has 0 unspecified atom stereocenters. The van der Waals surface area contributed by atoms with Crippen molar-refractivity contribution in [3.63, 3.8) is 0 Å². The van der Waals surface area contributed by atoms with Gasteiger partial charge in [0.25, 0.3) is 0 Å². The van der Waals surface area contributed by atoms with Gasteiger partial charge in [-0.25, -0.2) is 12.8 Å². The smallest absolute Gasteiger partial charge is 0.232 e. The third kappa shape index (κ3) is 6.43. The molecule has 0 spiro atoms. The van der Waals surface area contributed by atoms with Gasteiger partial charge in [-0.1, -0.05) is 13.8 Å². The molecule has 1 aromatic rings.